The van der Waals surface area contributed by atoms with E-state index >= 15 is 0 Å². The van der Waals surface area contributed by atoms with Crippen molar-refractivity contribution in [1.82, 2.24) is 47.2 Å². The van der Waals surface area contributed by atoms with Crippen LogP contribution in [0, 0.1) is 11.8 Å². The zero-order chi connectivity index (χ0) is 47.9. The number of aromatic nitrogens is 4. The van der Waals surface area contributed by atoms with Gasteiger partial charge in [-0.1, -0.05) is 42.5 Å². The molecule has 0 radical (unpaired) electrons. The Kier molecular flexibility index (Phi) is 17.3. The van der Waals surface area contributed by atoms with E-state index in [-0.39, 0.29) is 30.7 Å². The average Bonchev–Trinajstić information content (AvgIpc) is 3.81. The predicted octanol–water partition coefficient (Wildman–Crippen LogP) is 4.23. The third-order valence-electron chi connectivity index (χ3n) is 10.1. The van der Waals surface area contributed by atoms with Crippen LogP contribution >= 0.6 is 0 Å². The molecule has 0 unspecified atom stereocenters. The van der Waals surface area contributed by atoms with Crippen LogP contribution < -0.4 is 37.2 Å². The van der Waals surface area contributed by atoms with Gasteiger partial charge in [0, 0.05) is 41.4 Å². The number of carbonyl (C=O) groups is 7. The molecule has 0 bridgehead atoms. The van der Waals surface area contributed by atoms with Crippen molar-refractivity contribution in [2.24, 2.45) is 11.8 Å². The Bertz CT molecular complexity index is 2300. The summed E-state index contributed by atoms with van der Waals surface area (Å²) in [6.07, 6.45) is 1.59. The molecule has 0 saturated heterocycles. The Hall–Kier alpha value is -7.38. The minimum atomic E-state index is -0.934. The number of amides is 7. The van der Waals surface area contributed by atoms with Crippen molar-refractivity contribution in [2.75, 3.05) is 36.8 Å². The van der Waals surface area contributed by atoms with E-state index in [1.807, 2.05) is 36.4 Å². The number of hydrogen-bond acceptors (Lipinski definition) is 12. The Morgan fingerprint density at radius 1 is 0.667 bits per heavy atom. The van der Waals surface area contributed by atoms with Crippen molar-refractivity contribution in [3.05, 3.63) is 78.4 Å². The number of aromatic amines is 1. The SMILES string of the molecule is CC(C)(C)OC(=O)NCC(=O)NCC(=O)NCC(=O)Nc1ccccc1-c1ccc(C[C@H](NC(=O)[C@H]2CC[C@H](CNC(=O)OC(C)(C)C)CC2)C(=O)Nc2ccc(-c3nn[nH]n3)cc2)cc1. The first-order chi connectivity index (χ1) is 31.3. The second-order valence-corrected chi connectivity index (χ2v) is 17.9. The second kappa shape index (κ2) is 23.0. The third kappa shape index (κ3) is 16.6. The molecule has 1 fully saturated rings. The van der Waals surface area contributed by atoms with Gasteiger partial charge in [0.1, 0.15) is 23.8 Å². The lowest BCUT2D eigenvalue weighted by Crippen LogP contribution is -2.48. The molecule has 5 rings (SSSR count). The van der Waals surface area contributed by atoms with Crippen LogP contribution in [0.15, 0.2) is 72.8 Å². The molecule has 1 atom stereocenters. The number of carbonyl (C=O) groups excluding carboxylic acids is 7. The van der Waals surface area contributed by atoms with E-state index in [4.69, 9.17) is 9.47 Å². The van der Waals surface area contributed by atoms with Crippen molar-refractivity contribution in [3.63, 3.8) is 0 Å². The van der Waals surface area contributed by atoms with Crippen molar-refractivity contribution in [1.29, 1.82) is 0 Å². The summed E-state index contributed by atoms with van der Waals surface area (Å²) in [6, 6.07) is 20.5. The monoisotopic (exact) mass is 909 g/mol. The van der Waals surface area contributed by atoms with Crippen LogP contribution in [0.2, 0.25) is 0 Å². The van der Waals surface area contributed by atoms with Crippen LogP contribution in [0.25, 0.3) is 22.5 Å². The highest BCUT2D eigenvalue weighted by Crippen LogP contribution is 2.30. The van der Waals surface area contributed by atoms with Crippen LogP contribution in [0.4, 0.5) is 21.0 Å². The molecular formula is C46H59N11O9. The molecule has 0 aliphatic heterocycles. The zero-order valence-corrected chi connectivity index (χ0v) is 38.0. The molecule has 4 aromatic rings. The minimum absolute atomic E-state index is 0.173. The summed E-state index contributed by atoms with van der Waals surface area (Å²) < 4.78 is 10.4. The molecular weight excluding hydrogens is 851 g/mol. The van der Waals surface area contributed by atoms with Gasteiger partial charge in [-0.15, -0.1) is 10.2 Å². The summed E-state index contributed by atoms with van der Waals surface area (Å²) in [5, 5.41) is 32.7. The number of ether oxygens (including phenoxy) is 2. The van der Waals surface area contributed by atoms with Gasteiger partial charge in [-0.25, -0.2) is 9.59 Å². The fraction of sp³-hybridized carbons (Fsp3) is 0.435. The number of benzene rings is 3. The third-order valence-corrected chi connectivity index (χ3v) is 10.1. The van der Waals surface area contributed by atoms with E-state index in [1.54, 1.807) is 77.9 Å². The molecule has 0 spiro atoms. The lowest BCUT2D eigenvalue weighted by Gasteiger charge is -2.29. The van der Waals surface area contributed by atoms with E-state index in [9.17, 15) is 33.6 Å². The fourth-order valence-corrected chi connectivity index (χ4v) is 6.93. The Morgan fingerprint density at radius 3 is 1.85 bits per heavy atom. The van der Waals surface area contributed by atoms with Crippen LogP contribution in [-0.4, -0.2) is 106 Å². The number of rotatable bonds is 17. The van der Waals surface area contributed by atoms with E-state index in [2.05, 4.69) is 57.8 Å². The van der Waals surface area contributed by atoms with Crippen LogP contribution in [0.1, 0.15) is 72.8 Å². The predicted molar refractivity (Wildman–Crippen MR) is 244 cm³/mol. The van der Waals surface area contributed by atoms with E-state index in [0.29, 0.717) is 47.7 Å². The van der Waals surface area contributed by atoms with Crippen LogP contribution in [0.5, 0.6) is 0 Å². The molecule has 8 N–H and O–H groups in total. The molecule has 20 heteroatoms. The first-order valence-corrected chi connectivity index (χ1v) is 21.7. The number of para-hydroxylation sites is 1. The van der Waals surface area contributed by atoms with Gasteiger partial charge in [-0.05, 0) is 120 Å². The van der Waals surface area contributed by atoms with Gasteiger partial charge in [0.05, 0.1) is 13.1 Å². The number of nitrogens with zero attached hydrogens (tertiary/aromatic N) is 3. The number of nitrogens with one attached hydrogen (secondary N) is 8. The number of H-pyrrole nitrogens is 1. The summed E-state index contributed by atoms with van der Waals surface area (Å²) in [5.74, 6) is -2.08. The topological polar surface area (TPSA) is 277 Å². The molecule has 7 amide bonds. The number of tetrazole rings is 1. The first kappa shape index (κ1) is 49.6. The first-order valence-electron chi connectivity index (χ1n) is 21.7. The van der Waals surface area contributed by atoms with Gasteiger partial charge >= 0.3 is 12.2 Å². The molecule has 352 valence electrons. The Balaban J connectivity index is 1.18. The summed E-state index contributed by atoms with van der Waals surface area (Å²) in [4.78, 5) is 88.9. The highest BCUT2D eigenvalue weighted by atomic mass is 16.6. The van der Waals surface area contributed by atoms with Gasteiger partial charge < -0.3 is 46.7 Å². The molecule has 20 nitrogen and oxygen atoms in total. The maximum Gasteiger partial charge on any atom is 0.408 e. The molecule has 1 aliphatic carbocycles. The molecule has 1 saturated carbocycles. The summed E-state index contributed by atoms with van der Waals surface area (Å²) in [7, 11) is 0. The number of anilines is 2. The summed E-state index contributed by atoms with van der Waals surface area (Å²) >= 11 is 0. The smallest absolute Gasteiger partial charge is 0.408 e. The van der Waals surface area contributed by atoms with E-state index in [0.717, 1.165) is 24.0 Å². The van der Waals surface area contributed by atoms with Gasteiger partial charge in [-0.2, -0.15) is 5.21 Å². The minimum Gasteiger partial charge on any atom is -0.444 e. The normalized spacial score (nSPS) is 15.2. The van der Waals surface area contributed by atoms with Gasteiger partial charge in [-0.3, -0.25) is 24.0 Å². The van der Waals surface area contributed by atoms with Crippen molar-refractivity contribution < 1.29 is 43.0 Å². The molecule has 66 heavy (non-hydrogen) atoms. The van der Waals surface area contributed by atoms with Crippen LogP contribution in [0.3, 0.4) is 0 Å². The standard InChI is InChI=1S/C46H59N11O9/c1-45(2,3)65-43(63)49-24-29-13-17-32(18-14-29)41(61)53-36(42(62)51-33-21-19-31(20-22-33)40-54-56-57-55-40)23-28-11-15-30(16-12-28)34-9-7-8-10-35(34)52-39(60)27-48-37(58)25-47-38(59)26-50-44(64)66-46(4,5)6/h7-12,15-16,19-22,29,32,36H,13-14,17-18,23-27H2,1-6H3,(H,47,59)(H,48,58)(H,49,63)(H,50,64)(H,51,62)(H,52,60)(H,53,61)(H,54,55,56,57)/t29-,32-,36-/m0/s1. The maximum absolute atomic E-state index is 13.9. The second-order valence-electron chi connectivity index (χ2n) is 17.9. The van der Waals surface area contributed by atoms with Crippen molar-refractivity contribution in [3.8, 4) is 22.5 Å². The van der Waals surface area contributed by atoms with Crippen LogP contribution in [-0.2, 0) is 39.9 Å². The number of hydrogen-bond donors (Lipinski definition) is 8. The van der Waals surface area contributed by atoms with Gasteiger partial charge in [0.15, 0.2) is 0 Å². The zero-order valence-electron chi connectivity index (χ0n) is 38.0. The molecule has 1 aliphatic rings. The highest BCUT2D eigenvalue weighted by molar-refractivity contribution is 5.99. The maximum atomic E-state index is 13.9. The molecule has 1 aromatic heterocycles. The summed E-state index contributed by atoms with van der Waals surface area (Å²) in [6.45, 7) is 9.74. The van der Waals surface area contributed by atoms with Gasteiger partial charge in [0.25, 0.3) is 0 Å². The quantitative estimate of drug-likeness (QED) is 0.0740. The average molecular weight is 910 g/mol. The van der Waals surface area contributed by atoms with Crippen molar-refractivity contribution in [2.45, 2.75) is 90.9 Å². The lowest BCUT2D eigenvalue weighted by atomic mass is 9.81. The van der Waals surface area contributed by atoms with Crippen molar-refractivity contribution >= 4 is 53.1 Å². The van der Waals surface area contributed by atoms with Gasteiger partial charge in [0.2, 0.25) is 35.4 Å². The fourth-order valence-electron chi connectivity index (χ4n) is 6.93. The molecule has 1 heterocycles. The summed E-state index contributed by atoms with van der Waals surface area (Å²) in [5.41, 5.74) is 2.57. The van der Waals surface area contributed by atoms with E-state index < -0.39 is 66.1 Å². The lowest BCUT2D eigenvalue weighted by molar-refractivity contribution is -0.130. The molecule has 3 aromatic carbocycles. The number of alkyl carbamates (subject to hydrolysis) is 2. The largest absolute Gasteiger partial charge is 0.444 e. The Morgan fingerprint density at radius 2 is 1.24 bits per heavy atom. The van der Waals surface area contributed by atoms with E-state index in [1.165, 1.54) is 0 Å². The Labute approximate surface area is 382 Å². The highest BCUT2D eigenvalue weighted by Gasteiger charge is 2.30.